The number of benzene rings is 1. The van der Waals surface area contributed by atoms with Crippen LogP contribution >= 0.6 is 0 Å². The van der Waals surface area contributed by atoms with Crippen molar-refractivity contribution in [1.82, 2.24) is 0 Å². The van der Waals surface area contributed by atoms with Crippen LogP contribution in [0.3, 0.4) is 0 Å². The van der Waals surface area contributed by atoms with Gasteiger partial charge in [0.05, 0.1) is 4.92 Å². The van der Waals surface area contributed by atoms with Gasteiger partial charge in [0.15, 0.2) is 0 Å². The number of nitrogens with zero attached hydrogens (tertiary/aromatic N) is 1. The number of fused-ring (bicyclic) bond motifs is 1. The quantitative estimate of drug-likeness (QED) is 0.552. The molecule has 1 aromatic rings. The molecule has 0 unspecified atom stereocenters. The molecule has 0 aromatic heterocycles. The topological polar surface area (TPSA) is 52.4 Å². The second kappa shape index (κ2) is 3.72. The molecule has 3 rings (SSSR count). The van der Waals surface area contributed by atoms with Gasteiger partial charge in [0, 0.05) is 24.1 Å². The number of rotatable bonds is 1. The van der Waals surface area contributed by atoms with E-state index in [-0.39, 0.29) is 16.2 Å². The summed E-state index contributed by atoms with van der Waals surface area (Å²) in [5, 5.41) is 10.7. The van der Waals surface area contributed by atoms with Crippen LogP contribution in [0.2, 0.25) is 0 Å². The fraction of sp³-hybridized carbons (Fsp3) is 0.538. The van der Waals surface area contributed by atoms with Crippen LogP contribution in [0.25, 0.3) is 0 Å². The molecule has 1 saturated carbocycles. The van der Waals surface area contributed by atoms with Crippen molar-refractivity contribution >= 4 is 5.69 Å². The van der Waals surface area contributed by atoms with E-state index in [9.17, 15) is 10.1 Å². The summed E-state index contributed by atoms with van der Waals surface area (Å²) >= 11 is 0. The van der Waals surface area contributed by atoms with Gasteiger partial charge in [-0.2, -0.15) is 0 Å². The van der Waals surface area contributed by atoms with E-state index >= 15 is 0 Å². The van der Waals surface area contributed by atoms with E-state index in [1.807, 2.05) is 0 Å². The lowest BCUT2D eigenvalue weighted by Gasteiger charge is -2.32. The Morgan fingerprint density at radius 3 is 2.71 bits per heavy atom. The van der Waals surface area contributed by atoms with Gasteiger partial charge < -0.3 is 4.74 Å². The van der Waals surface area contributed by atoms with Gasteiger partial charge in [-0.3, -0.25) is 10.1 Å². The molecular formula is C13H15NO3. The summed E-state index contributed by atoms with van der Waals surface area (Å²) in [7, 11) is 0. The first-order valence-electron chi connectivity index (χ1n) is 6.15. The predicted molar refractivity (Wildman–Crippen MR) is 63.2 cm³/mol. The maximum Gasteiger partial charge on any atom is 0.269 e. The summed E-state index contributed by atoms with van der Waals surface area (Å²) in [6.45, 7) is 0. The second-order valence-corrected chi connectivity index (χ2v) is 5.07. The third kappa shape index (κ3) is 1.77. The van der Waals surface area contributed by atoms with Crippen molar-refractivity contribution in [3.8, 4) is 5.75 Å². The minimum atomic E-state index is -0.341. The van der Waals surface area contributed by atoms with Crippen molar-refractivity contribution in [3.05, 3.63) is 33.9 Å². The smallest absolute Gasteiger partial charge is 0.269 e. The molecule has 4 heteroatoms. The fourth-order valence-electron chi connectivity index (χ4n) is 3.01. The number of nitro groups is 1. The van der Waals surface area contributed by atoms with Crippen LogP contribution in [-0.2, 0) is 6.42 Å². The molecule has 0 bridgehead atoms. The van der Waals surface area contributed by atoms with E-state index in [2.05, 4.69) is 0 Å². The Morgan fingerprint density at radius 2 is 2.00 bits per heavy atom. The zero-order valence-corrected chi connectivity index (χ0v) is 9.65. The van der Waals surface area contributed by atoms with Crippen LogP contribution in [0.4, 0.5) is 5.69 Å². The first-order chi connectivity index (χ1) is 8.19. The molecule has 1 aliphatic carbocycles. The molecule has 4 nitrogen and oxygen atoms in total. The molecule has 2 aliphatic rings. The van der Waals surface area contributed by atoms with Gasteiger partial charge in [-0.15, -0.1) is 0 Å². The van der Waals surface area contributed by atoms with Crippen LogP contribution in [0.5, 0.6) is 5.75 Å². The van der Waals surface area contributed by atoms with Crippen molar-refractivity contribution in [2.24, 2.45) is 0 Å². The first kappa shape index (κ1) is 10.6. The Hall–Kier alpha value is -1.58. The summed E-state index contributed by atoms with van der Waals surface area (Å²) < 4.78 is 6.05. The summed E-state index contributed by atoms with van der Waals surface area (Å²) in [5.74, 6) is 0.845. The molecule has 1 fully saturated rings. The van der Waals surface area contributed by atoms with E-state index in [1.54, 1.807) is 12.1 Å². The number of ether oxygens (including phenoxy) is 1. The van der Waals surface area contributed by atoms with Crippen molar-refractivity contribution in [2.45, 2.75) is 44.1 Å². The number of nitro benzene ring substituents is 1. The molecule has 1 aromatic carbocycles. The Balaban J connectivity index is 1.89. The van der Waals surface area contributed by atoms with Crippen LogP contribution < -0.4 is 4.74 Å². The first-order valence-corrected chi connectivity index (χ1v) is 6.15. The van der Waals surface area contributed by atoms with E-state index in [4.69, 9.17) is 4.74 Å². The molecule has 1 heterocycles. The number of hydrogen-bond acceptors (Lipinski definition) is 3. The molecule has 0 N–H and O–H groups in total. The van der Waals surface area contributed by atoms with E-state index < -0.39 is 0 Å². The molecule has 0 saturated heterocycles. The SMILES string of the molecule is O=[N+]([O-])c1ccc2c(c1)CC1(CCCCC1)O2. The van der Waals surface area contributed by atoms with Gasteiger partial charge in [0.2, 0.25) is 0 Å². The van der Waals surface area contributed by atoms with Gasteiger partial charge in [0.25, 0.3) is 5.69 Å². The largest absolute Gasteiger partial charge is 0.487 e. The van der Waals surface area contributed by atoms with Crippen LogP contribution in [-0.4, -0.2) is 10.5 Å². The lowest BCUT2D eigenvalue weighted by molar-refractivity contribution is -0.384. The van der Waals surface area contributed by atoms with Crippen molar-refractivity contribution in [1.29, 1.82) is 0 Å². The second-order valence-electron chi connectivity index (χ2n) is 5.07. The van der Waals surface area contributed by atoms with Gasteiger partial charge >= 0.3 is 0 Å². The number of hydrogen-bond donors (Lipinski definition) is 0. The summed E-state index contributed by atoms with van der Waals surface area (Å²) in [4.78, 5) is 10.4. The normalized spacial score (nSPS) is 20.9. The highest BCUT2D eigenvalue weighted by molar-refractivity contribution is 5.47. The molecule has 17 heavy (non-hydrogen) atoms. The van der Waals surface area contributed by atoms with Gasteiger partial charge in [-0.25, -0.2) is 0 Å². The highest BCUT2D eigenvalue weighted by atomic mass is 16.6. The van der Waals surface area contributed by atoms with E-state index in [0.29, 0.717) is 0 Å². The molecular weight excluding hydrogens is 218 g/mol. The third-order valence-corrected chi connectivity index (χ3v) is 3.86. The monoisotopic (exact) mass is 233 g/mol. The summed E-state index contributed by atoms with van der Waals surface area (Å²) in [5.41, 5.74) is 1.11. The minimum absolute atomic E-state index is 0.0597. The molecule has 0 radical (unpaired) electrons. The Bertz CT molecular complexity index is 464. The van der Waals surface area contributed by atoms with E-state index in [1.165, 1.54) is 25.3 Å². The van der Waals surface area contributed by atoms with E-state index in [0.717, 1.165) is 30.6 Å². The molecule has 90 valence electrons. The summed E-state index contributed by atoms with van der Waals surface area (Å²) in [6.07, 6.45) is 6.68. The zero-order chi connectivity index (χ0) is 11.9. The lowest BCUT2D eigenvalue weighted by Crippen LogP contribution is -2.36. The van der Waals surface area contributed by atoms with Crippen LogP contribution in [0.15, 0.2) is 18.2 Å². The van der Waals surface area contributed by atoms with Crippen LogP contribution in [0, 0.1) is 10.1 Å². The predicted octanol–water partition coefficient (Wildman–Crippen LogP) is 3.23. The molecule has 0 atom stereocenters. The average Bonchev–Trinajstić information content (AvgIpc) is 2.66. The van der Waals surface area contributed by atoms with Gasteiger partial charge in [-0.05, 0) is 31.7 Å². The standard InChI is InChI=1S/C13H15NO3/c15-14(16)11-4-5-12-10(8-11)9-13(17-12)6-2-1-3-7-13/h4-5,8H,1-3,6-7,9H2. The van der Waals surface area contributed by atoms with Crippen LogP contribution in [0.1, 0.15) is 37.7 Å². The van der Waals surface area contributed by atoms with Crippen molar-refractivity contribution in [3.63, 3.8) is 0 Å². The number of non-ortho nitro benzene ring substituents is 1. The van der Waals surface area contributed by atoms with Gasteiger partial charge in [0.1, 0.15) is 11.4 Å². The highest BCUT2D eigenvalue weighted by Gasteiger charge is 2.40. The molecule has 1 aliphatic heterocycles. The lowest BCUT2D eigenvalue weighted by atomic mass is 9.82. The van der Waals surface area contributed by atoms with Crippen molar-refractivity contribution < 1.29 is 9.66 Å². The molecule has 0 amide bonds. The van der Waals surface area contributed by atoms with Gasteiger partial charge in [-0.1, -0.05) is 6.42 Å². The Kier molecular flexibility index (Phi) is 2.31. The fourth-order valence-corrected chi connectivity index (χ4v) is 3.01. The Morgan fingerprint density at radius 1 is 1.24 bits per heavy atom. The zero-order valence-electron chi connectivity index (χ0n) is 9.65. The molecule has 1 spiro atoms. The highest BCUT2D eigenvalue weighted by Crippen LogP contribution is 2.44. The maximum absolute atomic E-state index is 10.7. The third-order valence-electron chi connectivity index (χ3n) is 3.86. The van der Waals surface area contributed by atoms with Crippen molar-refractivity contribution in [2.75, 3.05) is 0 Å². The minimum Gasteiger partial charge on any atom is -0.487 e. The maximum atomic E-state index is 10.7. The Labute approximate surface area is 99.7 Å². The summed E-state index contributed by atoms with van der Waals surface area (Å²) in [6, 6.07) is 4.94. The average molecular weight is 233 g/mol.